The summed E-state index contributed by atoms with van der Waals surface area (Å²) in [5.74, 6) is 0.00866. The van der Waals surface area contributed by atoms with Crippen LogP contribution in [0.2, 0.25) is 0 Å². The summed E-state index contributed by atoms with van der Waals surface area (Å²) in [5, 5.41) is 0. The highest BCUT2D eigenvalue weighted by Gasteiger charge is 2.30. The largest absolute Gasteiger partial charge is 0.354 e. The van der Waals surface area contributed by atoms with Gasteiger partial charge in [0.1, 0.15) is 0 Å². The van der Waals surface area contributed by atoms with Crippen LogP contribution in [0.15, 0.2) is 12.2 Å². The van der Waals surface area contributed by atoms with Crippen molar-refractivity contribution in [2.45, 2.75) is 20.1 Å². The number of nitrogens with zero attached hydrogens (tertiary/aromatic N) is 1. The third-order valence-electron chi connectivity index (χ3n) is 2.04. The molecule has 0 saturated carbocycles. The molecule has 1 aliphatic heterocycles. The molecular formula is C9H15NO2. The lowest BCUT2D eigenvalue weighted by molar-refractivity contribution is -0.130. The van der Waals surface area contributed by atoms with Crippen molar-refractivity contribution in [1.29, 1.82) is 0 Å². The molecule has 0 aromatic heterocycles. The topological polar surface area (TPSA) is 29.5 Å². The lowest BCUT2D eigenvalue weighted by atomic mass is 10.2. The van der Waals surface area contributed by atoms with E-state index in [-0.39, 0.29) is 12.0 Å². The Labute approximate surface area is 73.0 Å². The van der Waals surface area contributed by atoms with Crippen molar-refractivity contribution in [2.75, 3.05) is 19.7 Å². The molecule has 1 unspecified atom stereocenters. The number of Topliss-reactive ketones (excluding diaryl/α,β-unsaturated/α-hetero) is 1. The highest BCUT2D eigenvalue weighted by atomic mass is 16.5. The molecule has 1 atom stereocenters. The van der Waals surface area contributed by atoms with E-state index in [0.717, 1.165) is 13.1 Å². The van der Waals surface area contributed by atoms with Gasteiger partial charge in [-0.15, -0.1) is 0 Å². The second-order valence-electron chi connectivity index (χ2n) is 3.00. The van der Waals surface area contributed by atoms with E-state index in [9.17, 15) is 4.79 Å². The Morgan fingerprint density at radius 3 is 2.92 bits per heavy atom. The molecule has 68 valence electrons. The molecular weight excluding hydrogens is 154 g/mol. The van der Waals surface area contributed by atoms with E-state index in [1.807, 2.05) is 11.8 Å². The normalized spacial score (nSPS) is 24.3. The molecule has 1 saturated heterocycles. The Bertz CT molecular complexity index is 201. The third-order valence-corrected chi connectivity index (χ3v) is 2.04. The second kappa shape index (κ2) is 3.83. The Morgan fingerprint density at radius 2 is 2.42 bits per heavy atom. The maximum absolute atomic E-state index is 11.4. The molecule has 0 aromatic rings. The maximum atomic E-state index is 11.4. The first-order chi connectivity index (χ1) is 5.66. The predicted octanol–water partition coefficient (Wildman–Crippen LogP) is 0.810. The number of rotatable bonds is 3. The van der Waals surface area contributed by atoms with Crippen molar-refractivity contribution < 1.29 is 9.53 Å². The highest BCUT2D eigenvalue weighted by molar-refractivity contribution is 5.97. The van der Waals surface area contributed by atoms with E-state index in [1.54, 1.807) is 6.92 Å². The van der Waals surface area contributed by atoms with Crippen LogP contribution in [-0.4, -0.2) is 36.6 Å². The molecule has 12 heavy (non-hydrogen) atoms. The fraction of sp³-hybridized carbons (Fsp3) is 0.667. The van der Waals surface area contributed by atoms with Crippen molar-refractivity contribution >= 4 is 5.78 Å². The first-order valence-corrected chi connectivity index (χ1v) is 4.22. The summed E-state index contributed by atoms with van der Waals surface area (Å²) in [4.78, 5) is 13.5. The molecule has 3 nitrogen and oxygen atoms in total. The number of likely N-dealkylation sites (N-methyl/N-ethyl adjacent to an activating group) is 1. The number of hydrogen-bond donors (Lipinski definition) is 0. The second-order valence-corrected chi connectivity index (χ2v) is 3.00. The van der Waals surface area contributed by atoms with Gasteiger partial charge in [-0.3, -0.25) is 9.69 Å². The lowest BCUT2D eigenvalue weighted by Gasteiger charge is -2.19. The Balaban J connectivity index is 2.61. The summed E-state index contributed by atoms with van der Waals surface area (Å²) in [7, 11) is 0. The van der Waals surface area contributed by atoms with Crippen molar-refractivity contribution in [3.63, 3.8) is 0 Å². The van der Waals surface area contributed by atoms with E-state index >= 15 is 0 Å². The summed E-state index contributed by atoms with van der Waals surface area (Å²) in [6.45, 7) is 9.70. The average molecular weight is 169 g/mol. The van der Waals surface area contributed by atoms with Crippen LogP contribution in [0.1, 0.15) is 13.8 Å². The van der Waals surface area contributed by atoms with Crippen LogP contribution >= 0.6 is 0 Å². The molecule has 0 N–H and O–H groups in total. The van der Waals surface area contributed by atoms with Gasteiger partial charge in [-0.2, -0.15) is 0 Å². The first-order valence-electron chi connectivity index (χ1n) is 4.22. The van der Waals surface area contributed by atoms with Crippen molar-refractivity contribution in [2.24, 2.45) is 0 Å². The van der Waals surface area contributed by atoms with E-state index in [4.69, 9.17) is 4.74 Å². The number of carbonyl (C=O) groups is 1. The van der Waals surface area contributed by atoms with Crippen LogP contribution in [0, 0.1) is 0 Å². The fourth-order valence-corrected chi connectivity index (χ4v) is 1.28. The SMILES string of the molecule is C=C(C)C(=O)C1OCCN1CC. The van der Waals surface area contributed by atoms with Gasteiger partial charge in [0, 0.05) is 6.54 Å². The van der Waals surface area contributed by atoms with Crippen molar-refractivity contribution in [3.8, 4) is 0 Å². The van der Waals surface area contributed by atoms with Gasteiger partial charge in [0.15, 0.2) is 6.23 Å². The molecule has 1 fully saturated rings. The first kappa shape index (κ1) is 9.42. The summed E-state index contributed by atoms with van der Waals surface area (Å²) < 4.78 is 5.30. The van der Waals surface area contributed by atoms with Crippen molar-refractivity contribution in [3.05, 3.63) is 12.2 Å². The monoisotopic (exact) mass is 169 g/mol. The van der Waals surface area contributed by atoms with Crippen LogP contribution in [0.3, 0.4) is 0 Å². The molecule has 0 aliphatic carbocycles. The number of ketones is 1. The number of carbonyl (C=O) groups excluding carboxylic acids is 1. The summed E-state index contributed by atoms with van der Waals surface area (Å²) in [6, 6.07) is 0. The third kappa shape index (κ3) is 1.73. The van der Waals surface area contributed by atoms with E-state index < -0.39 is 0 Å². The van der Waals surface area contributed by atoms with Gasteiger partial charge in [-0.25, -0.2) is 0 Å². The molecule has 0 bridgehead atoms. The Kier molecular flexibility index (Phi) is 3.00. The zero-order valence-electron chi connectivity index (χ0n) is 7.67. The standard InChI is InChI=1S/C9H15NO2/c1-4-10-5-6-12-9(10)8(11)7(2)3/h9H,2,4-6H2,1,3H3. The fourth-order valence-electron chi connectivity index (χ4n) is 1.28. The van der Waals surface area contributed by atoms with Gasteiger partial charge in [0.05, 0.1) is 6.61 Å². The van der Waals surface area contributed by atoms with E-state index in [0.29, 0.717) is 12.2 Å². The minimum absolute atomic E-state index is 0.00866. The van der Waals surface area contributed by atoms with Gasteiger partial charge >= 0.3 is 0 Å². The summed E-state index contributed by atoms with van der Waals surface area (Å²) in [6.07, 6.45) is -0.368. The van der Waals surface area contributed by atoms with Crippen LogP contribution in [0.5, 0.6) is 0 Å². The number of hydrogen-bond acceptors (Lipinski definition) is 3. The zero-order valence-corrected chi connectivity index (χ0v) is 7.67. The molecule has 0 radical (unpaired) electrons. The summed E-state index contributed by atoms with van der Waals surface area (Å²) >= 11 is 0. The van der Waals surface area contributed by atoms with Gasteiger partial charge in [-0.1, -0.05) is 13.5 Å². The smallest absolute Gasteiger partial charge is 0.201 e. The van der Waals surface area contributed by atoms with Crippen LogP contribution < -0.4 is 0 Å². The van der Waals surface area contributed by atoms with E-state index in [2.05, 4.69) is 6.58 Å². The predicted molar refractivity (Wildman–Crippen MR) is 46.8 cm³/mol. The quantitative estimate of drug-likeness (QED) is 0.585. The Hall–Kier alpha value is -0.670. The molecule has 3 heteroatoms. The molecule has 1 aliphatic rings. The van der Waals surface area contributed by atoms with Gasteiger partial charge in [0.25, 0.3) is 0 Å². The van der Waals surface area contributed by atoms with E-state index in [1.165, 1.54) is 0 Å². The zero-order chi connectivity index (χ0) is 9.14. The van der Waals surface area contributed by atoms with Crippen LogP contribution in [0.4, 0.5) is 0 Å². The van der Waals surface area contributed by atoms with Gasteiger partial charge < -0.3 is 4.74 Å². The molecule has 0 aromatic carbocycles. The van der Waals surface area contributed by atoms with Crippen LogP contribution in [0.25, 0.3) is 0 Å². The Morgan fingerprint density at radius 1 is 1.75 bits per heavy atom. The molecule has 0 spiro atoms. The lowest BCUT2D eigenvalue weighted by Crippen LogP contribution is -2.37. The maximum Gasteiger partial charge on any atom is 0.201 e. The van der Waals surface area contributed by atoms with Gasteiger partial charge in [-0.05, 0) is 19.0 Å². The average Bonchev–Trinajstić information content (AvgIpc) is 2.49. The highest BCUT2D eigenvalue weighted by Crippen LogP contribution is 2.12. The van der Waals surface area contributed by atoms with Crippen LogP contribution in [-0.2, 0) is 9.53 Å². The minimum Gasteiger partial charge on any atom is -0.354 e. The minimum atomic E-state index is -0.368. The molecule has 1 heterocycles. The van der Waals surface area contributed by atoms with Gasteiger partial charge in [0.2, 0.25) is 5.78 Å². The van der Waals surface area contributed by atoms with Crippen molar-refractivity contribution in [1.82, 2.24) is 4.90 Å². The number of ether oxygens (including phenoxy) is 1. The summed E-state index contributed by atoms with van der Waals surface area (Å²) in [5.41, 5.74) is 0.570. The molecule has 0 amide bonds. The molecule has 1 rings (SSSR count).